The van der Waals surface area contributed by atoms with Crippen LogP contribution in [0.15, 0.2) is 103 Å². The molecule has 1 aliphatic heterocycles. The van der Waals surface area contributed by atoms with Crippen molar-refractivity contribution in [1.29, 1.82) is 0 Å². The molecule has 6 rings (SSSR count). The maximum atomic E-state index is 14.7. The molecule has 54 heavy (non-hydrogen) atoms. The first kappa shape index (κ1) is 37.8. The molecule has 280 valence electrons. The summed E-state index contributed by atoms with van der Waals surface area (Å²) in [6.45, 7) is 7.44. The Morgan fingerprint density at radius 1 is 0.852 bits per heavy atom. The van der Waals surface area contributed by atoms with E-state index < -0.39 is 12.1 Å². The van der Waals surface area contributed by atoms with E-state index in [2.05, 4.69) is 24.5 Å². The predicted molar refractivity (Wildman–Crippen MR) is 211 cm³/mol. The normalized spacial score (nSPS) is 13.6. The van der Waals surface area contributed by atoms with Gasteiger partial charge in [-0.15, -0.1) is 0 Å². The smallest absolute Gasteiger partial charge is 0.323 e. The van der Waals surface area contributed by atoms with E-state index in [0.717, 1.165) is 36.8 Å². The van der Waals surface area contributed by atoms with Crippen LogP contribution in [0.2, 0.25) is 0 Å². The SMILES string of the molecule is CCCCN(CCCC)C(=O)c1cc(C)n(-c2ccc(NC(=O)Nc3ccccc3Oc3ccccc3)cc2C(=O)N2Cc3ccccc3C[C@H]2CO)n1. The Balaban J connectivity index is 1.33. The van der Waals surface area contributed by atoms with Crippen LogP contribution in [0.3, 0.4) is 0 Å². The van der Waals surface area contributed by atoms with Crippen molar-refractivity contribution in [1.82, 2.24) is 19.6 Å². The first-order valence-electron chi connectivity index (χ1n) is 18.7. The molecule has 11 heteroatoms. The number of para-hydroxylation sites is 3. The maximum absolute atomic E-state index is 14.7. The van der Waals surface area contributed by atoms with Crippen LogP contribution in [0.1, 0.15) is 77.2 Å². The first-order valence-corrected chi connectivity index (χ1v) is 18.7. The van der Waals surface area contributed by atoms with E-state index in [0.29, 0.717) is 66.0 Å². The summed E-state index contributed by atoms with van der Waals surface area (Å²) in [5.74, 6) is 0.611. The molecule has 0 radical (unpaired) electrons. The van der Waals surface area contributed by atoms with Crippen LogP contribution in [0.5, 0.6) is 11.5 Å². The van der Waals surface area contributed by atoms with Crippen molar-refractivity contribution in [2.75, 3.05) is 30.3 Å². The summed E-state index contributed by atoms with van der Waals surface area (Å²) < 4.78 is 7.64. The zero-order valence-electron chi connectivity index (χ0n) is 31.1. The van der Waals surface area contributed by atoms with E-state index in [1.165, 1.54) is 0 Å². The topological polar surface area (TPSA) is 129 Å². The van der Waals surface area contributed by atoms with E-state index in [4.69, 9.17) is 9.84 Å². The Kier molecular flexibility index (Phi) is 12.4. The third-order valence-corrected chi connectivity index (χ3v) is 9.60. The van der Waals surface area contributed by atoms with Crippen molar-refractivity contribution >= 4 is 29.2 Å². The first-order chi connectivity index (χ1) is 26.3. The minimum atomic E-state index is -0.534. The number of anilines is 2. The number of aryl methyl sites for hydroxylation is 1. The molecule has 0 saturated carbocycles. The Hall–Kier alpha value is -5.94. The van der Waals surface area contributed by atoms with Gasteiger partial charge in [-0.2, -0.15) is 5.10 Å². The molecule has 0 spiro atoms. The standard InChI is InChI=1S/C43H48N6O5/c1-4-6-23-47(24-7-5-2)42(52)38-25-30(3)49(46-38)39-22-21-33(27-36(39)41(51)48-28-32-16-12-11-15-31(32)26-34(48)29-50)44-43(53)45-37-19-13-14-20-40(37)54-35-17-9-8-10-18-35/h8-22,25,27,34,50H,4-7,23-24,26,28-29H2,1-3H3,(H2,44,45,53)/t34-/m0/s1. The molecule has 0 saturated heterocycles. The second-order valence-electron chi connectivity index (χ2n) is 13.5. The molecule has 1 atom stereocenters. The van der Waals surface area contributed by atoms with Crippen molar-refractivity contribution < 1.29 is 24.2 Å². The number of fused-ring (bicyclic) bond motifs is 1. The molecule has 0 bridgehead atoms. The van der Waals surface area contributed by atoms with Crippen LogP contribution in [-0.4, -0.2) is 68.3 Å². The van der Waals surface area contributed by atoms with Crippen LogP contribution >= 0.6 is 0 Å². The predicted octanol–water partition coefficient (Wildman–Crippen LogP) is 8.22. The van der Waals surface area contributed by atoms with Crippen LogP contribution in [0.25, 0.3) is 5.69 Å². The molecule has 2 heterocycles. The van der Waals surface area contributed by atoms with Crippen LogP contribution in [0, 0.1) is 6.92 Å². The van der Waals surface area contributed by atoms with Gasteiger partial charge in [-0.1, -0.05) is 81.3 Å². The molecule has 0 aliphatic carbocycles. The minimum absolute atomic E-state index is 0.147. The lowest BCUT2D eigenvalue weighted by atomic mass is 9.93. The van der Waals surface area contributed by atoms with Gasteiger partial charge in [0.25, 0.3) is 11.8 Å². The number of unbranched alkanes of at least 4 members (excludes halogenated alkanes) is 2. The van der Waals surface area contributed by atoms with Crippen LogP contribution in [0.4, 0.5) is 16.2 Å². The van der Waals surface area contributed by atoms with Gasteiger partial charge < -0.3 is 30.3 Å². The lowest BCUT2D eigenvalue weighted by Crippen LogP contribution is -2.46. The fourth-order valence-electron chi connectivity index (χ4n) is 6.67. The van der Waals surface area contributed by atoms with Crippen LogP contribution in [-0.2, 0) is 13.0 Å². The summed E-state index contributed by atoms with van der Waals surface area (Å²) in [5.41, 5.74) is 4.61. The van der Waals surface area contributed by atoms with Gasteiger partial charge in [0.2, 0.25) is 0 Å². The highest BCUT2D eigenvalue weighted by atomic mass is 16.5. The Morgan fingerprint density at radius 2 is 1.54 bits per heavy atom. The summed E-state index contributed by atoms with van der Waals surface area (Å²) in [5, 5.41) is 21.0. The number of benzene rings is 4. The molecule has 1 aliphatic rings. The van der Waals surface area contributed by atoms with Crippen LogP contribution < -0.4 is 15.4 Å². The average molecular weight is 729 g/mol. The second-order valence-corrected chi connectivity index (χ2v) is 13.5. The molecule has 5 aromatic rings. The van der Waals surface area contributed by atoms with Crippen molar-refractivity contribution in [3.63, 3.8) is 0 Å². The molecule has 3 N–H and O–H groups in total. The summed E-state index contributed by atoms with van der Waals surface area (Å²) in [6, 6.07) is 30.1. The number of nitrogens with one attached hydrogen (secondary N) is 2. The number of urea groups is 1. The fraction of sp³-hybridized carbons (Fsp3) is 0.302. The Bertz CT molecular complexity index is 2070. The molecular formula is C43H48N6O5. The number of aromatic nitrogens is 2. The third kappa shape index (κ3) is 8.80. The van der Waals surface area contributed by atoms with Crippen molar-refractivity contribution in [2.45, 2.75) is 65.5 Å². The highest BCUT2D eigenvalue weighted by Gasteiger charge is 2.32. The van der Waals surface area contributed by atoms with Crippen molar-refractivity contribution in [2.24, 2.45) is 0 Å². The van der Waals surface area contributed by atoms with E-state index in [1.807, 2.05) is 72.5 Å². The highest BCUT2D eigenvalue weighted by Crippen LogP contribution is 2.31. The minimum Gasteiger partial charge on any atom is -0.455 e. The number of rotatable bonds is 14. The maximum Gasteiger partial charge on any atom is 0.323 e. The quantitative estimate of drug-likeness (QED) is 0.106. The van der Waals surface area contributed by atoms with Gasteiger partial charge in [0.1, 0.15) is 5.75 Å². The molecular weight excluding hydrogens is 681 g/mol. The summed E-state index contributed by atoms with van der Waals surface area (Å²) in [6.07, 6.45) is 4.23. The number of aliphatic hydroxyl groups is 1. The molecule has 11 nitrogen and oxygen atoms in total. The molecule has 0 unspecified atom stereocenters. The third-order valence-electron chi connectivity index (χ3n) is 9.60. The number of ether oxygens (including phenoxy) is 1. The molecule has 0 fully saturated rings. The van der Waals surface area contributed by atoms with E-state index in [9.17, 15) is 19.5 Å². The van der Waals surface area contributed by atoms with Gasteiger partial charge in [-0.25, -0.2) is 9.48 Å². The highest BCUT2D eigenvalue weighted by molar-refractivity contribution is 6.03. The van der Waals surface area contributed by atoms with E-state index in [-0.39, 0.29) is 24.0 Å². The van der Waals surface area contributed by atoms with Crippen molar-refractivity contribution in [3.8, 4) is 17.2 Å². The summed E-state index contributed by atoms with van der Waals surface area (Å²) in [7, 11) is 0. The fourth-order valence-corrected chi connectivity index (χ4v) is 6.67. The molecule has 1 aromatic heterocycles. The zero-order chi connectivity index (χ0) is 38.0. The lowest BCUT2D eigenvalue weighted by Gasteiger charge is -2.36. The number of aliphatic hydroxyl groups excluding tert-OH is 1. The zero-order valence-corrected chi connectivity index (χ0v) is 31.1. The summed E-state index contributed by atoms with van der Waals surface area (Å²) >= 11 is 0. The Morgan fingerprint density at radius 3 is 2.26 bits per heavy atom. The number of hydrogen-bond donors (Lipinski definition) is 3. The largest absolute Gasteiger partial charge is 0.455 e. The number of amides is 4. The van der Waals surface area contributed by atoms with E-state index in [1.54, 1.807) is 52.0 Å². The number of carbonyl (C=O) groups is 3. The van der Waals surface area contributed by atoms with Gasteiger partial charge in [0.05, 0.1) is 29.6 Å². The summed E-state index contributed by atoms with van der Waals surface area (Å²) in [4.78, 5) is 45.4. The van der Waals surface area contributed by atoms with Gasteiger partial charge in [0, 0.05) is 31.0 Å². The van der Waals surface area contributed by atoms with Gasteiger partial charge in [0.15, 0.2) is 11.4 Å². The van der Waals surface area contributed by atoms with E-state index >= 15 is 0 Å². The number of hydrogen-bond acceptors (Lipinski definition) is 6. The Labute approximate surface area is 316 Å². The monoisotopic (exact) mass is 728 g/mol. The van der Waals surface area contributed by atoms with Gasteiger partial charge in [-0.3, -0.25) is 9.59 Å². The van der Waals surface area contributed by atoms with Gasteiger partial charge >= 0.3 is 6.03 Å². The molecule has 4 aromatic carbocycles. The number of carbonyl (C=O) groups excluding carboxylic acids is 3. The second kappa shape index (κ2) is 17.7. The lowest BCUT2D eigenvalue weighted by molar-refractivity contribution is 0.0544. The molecule has 4 amide bonds. The van der Waals surface area contributed by atoms with Crippen molar-refractivity contribution in [3.05, 3.63) is 131 Å². The van der Waals surface area contributed by atoms with Gasteiger partial charge in [-0.05, 0) is 85.8 Å². The number of nitrogens with zero attached hydrogens (tertiary/aromatic N) is 4. The average Bonchev–Trinajstić information content (AvgIpc) is 3.59.